The third-order valence-electron chi connectivity index (χ3n) is 4.39. The predicted molar refractivity (Wildman–Crippen MR) is 121 cm³/mol. The normalized spacial score (nSPS) is 14.8. The molecule has 0 saturated carbocycles. The van der Waals surface area contributed by atoms with Crippen LogP contribution in [0.3, 0.4) is 0 Å². The molecule has 1 aliphatic rings. The van der Waals surface area contributed by atoms with Gasteiger partial charge in [-0.25, -0.2) is 14.5 Å². The lowest BCUT2D eigenvalue weighted by Crippen LogP contribution is -2.54. The van der Waals surface area contributed by atoms with E-state index < -0.39 is 23.8 Å². The van der Waals surface area contributed by atoms with Crippen molar-refractivity contribution in [1.29, 1.82) is 0 Å². The molecule has 1 N–H and O–H groups in total. The second-order valence-corrected chi connectivity index (χ2v) is 7.41. The van der Waals surface area contributed by atoms with E-state index in [4.69, 9.17) is 37.4 Å². The Kier molecular flexibility index (Phi) is 7.57. The van der Waals surface area contributed by atoms with Gasteiger partial charge in [-0.3, -0.25) is 14.9 Å². The summed E-state index contributed by atoms with van der Waals surface area (Å²) < 4.78 is 15.5. The molecule has 33 heavy (non-hydrogen) atoms. The van der Waals surface area contributed by atoms with Gasteiger partial charge < -0.3 is 14.2 Å². The van der Waals surface area contributed by atoms with Crippen LogP contribution in [-0.2, 0) is 19.1 Å². The Morgan fingerprint density at radius 2 is 1.82 bits per heavy atom. The molecule has 9 nitrogen and oxygen atoms in total. The molecule has 0 radical (unpaired) electrons. The summed E-state index contributed by atoms with van der Waals surface area (Å²) >= 11 is 12.1. The van der Waals surface area contributed by atoms with Crippen molar-refractivity contribution in [3.05, 3.63) is 57.6 Å². The van der Waals surface area contributed by atoms with E-state index in [2.05, 4.69) is 5.32 Å². The fourth-order valence-electron chi connectivity index (χ4n) is 2.95. The maximum atomic E-state index is 13.0. The lowest BCUT2D eigenvalue weighted by molar-refractivity contribution is -0.145. The third kappa shape index (κ3) is 5.44. The number of anilines is 1. The van der Waals surface area contributed by atoms with Crippen molar-refractivity contribution in [1.82, 2.24) is 5.32 Å². The summed E-state index contributed by atoms with van der Waals surface area (Å²) in [6.07, 6.45) is 1.26. The highest BCUT2D eigenvalue weighted by Gasteiger charge is 2.36. The molecule has 172 valence electrons. The van der Waals surface area contributed by atoms with Crippen LogP contribution in [-0.4, -0.2) is 44.1 Å². The molecule has 0 spiro atoms. The molecule has 1 saturated heterocycles. The second kappa shape index (κ2) is 10.4. The molecule has 0 aliphatic carbocycles. The quantitative estimate of drug-likeness (QED) is 0.356. The van der Waals surface area contributed by atoms with Gasteiger partial charge in [0.25, 0.3) is 11.8 Å². The smallest absolute Gasteiger partial charge is 0.344 e. The monoisotopic (exact) mass is 492 g/mol. The summed E-state index contributed by atoms with van der Waals surface area (Å²) in [6, 6.07) is 7.96. The fourth-order valence-corrected chi connectivity index (χ4v) is 3.35. The minimum absolute atomic E-state index is 0.0693. The number of imide groups is 2. The van der Waals surface area contributed by atoms with Crippen LogP contribution in [0.15, 0.2) is 42.0 Å². The number of carbonyl (C=O) groups is 4. The number of carbonyl (C=O) groups excluding carboxylic acids is 4. The van der Waals surface area contributed by atoms with Gasteiger partial charge in [-0.05, 0) is 55.0 Å². The first-order valence-electron chi connectivity index (χ1n) is 9.58. The van der Waals surface area contributed by atoms with E-state index in [1.54, 1.807) is 6.92 Å². The third-order valence-corrected chi connectivity index (χ3v) is 4.92. The molecule has 2 aromatic carbocycles. The molecule has 0 unspecified atom stereocenters. The first-order chi connectivity index (χ1) is 15.7. The highest BCUT2D eigenvalue weighted by molar-refractivity contribution is 6.39. The van der Waals surface area contributed by atoms with Crippen molar-refractivity contribution in [3.8, 4) is 11.5 Å². The van der Waals surface area contributed by atoms with Crippen LogP contribution in [0.25, 0.3) is 6.08 Å². The molecule has 3 rings (SSSR count). The van der Waals surface area contributed by atoms with Crippen LogP contribution in [0.1, 0.15) is 12.5 Å². The molecule has 1 heterocycles. The van der Waals surface area contributed by atoms with Crippen molar-refractivity contribution in [2.24, 2.45) is 0 Å². The van der Waals surface area contributed by atoms with E-state index in [-0.39, 0.29) is 41.0 Å². The molecule has 2 aromatic rings. The van der Waals surface area contributed by atoms with Crippen molar-refractivity contribution in [2.45, 2.75) is 6.92 Å². The fraction of sp³-hybridized carbons (Fsp3) is 0.182. The minimum atomic E-state index is -0.886. The van der Waals surface area contributed by atoms with Crippen LogP contribution in [0.4, 0.5) is 10.5 Å². The van der Waals surface area contributed by atoms with Gasteiger partial charge in [0.2, 0.25) is 0 Å². The number of hydrogen-bond acceptors (Lipinski definition) is 7. The van der Waals surface area contributed by atoms with Gasteiger partial charge in [0.15, 0.2) is 18.1 Å². The second-order valence-electron chi connectivity index (χ2n) is 6.56. The predicted octanol–water partition coefficient (Wildman–Crippen LogP) is 3.61. The van der Waals surface area contributed by atoms with Crippen molar-refractivity contribution < 1.29 is 33.4 Å². The zero-order valence-corrected chi connectivity index (χ0v) is 19.0. The summed E-state index contributed by atoms with van der Waals surface area (Å²) in [6.45, 7) is 1.48. The van der Waals surface area contributed by atoms with Crippen LogP contribution < -0.4 is 19.7 Å². The van der Waals surface area contributed by atoms with Crippen molar-refractivity contribution in [3.63, 3.8) is 0 Å². The number of hydrogen-bond donors (Lipinski definition) is 1. The maximum Gasteiger partial charge on any atom is 0.344 e. The maximum absolute atomic E-state index is 13.0. The lowest BCUT2D eigenvalue weighted by Gasteiger charge is -2.26. The van der Waals surface area contributed by atoms with Gasteiger partial charge in [-0.15, -0.1) is 0 Å². The van der Waals surface area contributed by atoms with Gasteiger partial charge in [-0.2, -0.15) is 0 Å². The van der Waals surface area contributed by atoms with E-state index in [1.807, 2.05) is 0 Å². The Labute approximate surface area is 198 Å². The number of halogens is 2. The van der Waals surface area contributed by atoms with Gasteiger partial charge in [-0.1, -0.05) is 23.2 Å². The van der Waals surface area contributed by atoms with Crippen LogP contribution >= 0.6 is 23.2 Å². The molecule has 1 aliphatic heterocycles. The summed E-state index contributed by atoms with van der Waals surface area (Å²) in [4.78, 5) is 50.0. The standard InChI is InChI=1S/C22H18Cl2N2O7/c1-3-32-18(27)11-33-19-16(24)9-12(10-17(19)31-2)8-15-20(28)25-22(30)26(21(15)29)14-6-4-13(23)5-7-14/h4-10H,3,11H2,1-2H3,(H,25,28,30)/b15-8+. The number of amides is 4. The number of nitrogens with zero attached hydrogens (tertiary/aromatic N) is 1. The van der Waals surface area contributed by atoms with Gasteiger partial charge in [0.1, 0.15) is 5.57 Å². The number of methoxy groups -OCH3 is 1. The molecule has 0 atom stereocenters. The highest BCUT2D eigenvalue weighted by atomic mass is 35.5. The van der Waals surface area contributed by atoms with Crippen LogP contribution in [0, 0.1) is 0 Å². The Hall–Kier alpha value is -3.56. The Balaban J connectivity index is 1.93. The number of ether oxygens (including phenoxy) is 3. The van der Waals surface area contributed by atoms with Gasteiger partial charge in [0, 0.05) is 5.02 Å². The zero-order chi connectivity index (χ0) is 24.1. The molecule has 1 fully saturated rings. The summed E-state index contributed by atoms with van der Waals surface area (Å²) in [7, 11) is 1.36. The molecule has 4 amide bonds. The number of benzene rings is 2. The summed E-state index contributed by atoms with van der Waals surface area (Å²) in [5, 5.41) is 2.62. The zero-order valence-electron chi connectivity index (χ0n) is 17.5. The molecule has 0 aromatic heterocycles. The lowest BCUT2D eigenvalue weighted by atomic mass is 10.1. The largest absolute Gasteiger partial charge is 0.493 e. The van der Waals surface area contributed by atoms with E-state index in [0.29, 0.717) is 10.6 Å². The number of nitrogens with one attached hydrogen (secondary N) is 1. The summed E-state index contributed by atoms with van der Waals surface area (Å²) in [5.74, 6) is -2.03. The van der Waals surface area contributed by atoms with Crippen LogP contribution in [0.2, 0.25) is 10.0 Å². The first kappa shape index (κ1) is 24.1. The topological polar surface area (TPSA) is 111 Å². The number of barbiturate groups is 1. The van der Waals surface area contributed by atoms with E-state index in [1.165, 1.54) is 49.6 Å². The average Bonchev–Trinajstić information content (AvgIpc) is 2.77. The van der Waals surface area contributed by atoms with Gasteiger partial charge >= 0.3 is 12.0 Å². The highest BCUT2D eigenvalue weighted by Crippen LogP contribution is 2.37. The molecular formula is C22H18Cl2N2O7. The first-order valence-corrected chi connectivity index (χ1v) is 10.3. The summed E-state index contributed by atoms with van der Waals surface area (Å²) in [5.41, 5.74) is 0.255. The van der Waals surface area contributed by atoms with Crippen LogP contribution in [0.5, 0.6) is 11.5 Å². The minimum Gasteiger partial charge on any atom is -0.493 e. The molecule has 0 bridgehead atoms. The number of urea groups is 1. The van der Waals surface area contributed by atoms with Crippen molar-refractivity contribution >= 4 is 58.8 Å². The van der Waals surface area contributed by atoms with Gasteiger partial charge in [0.05, 0.1) is 24.4 Å². The van der Waals surface area contributed by atoms with Crippen molar-refractivity contribution in [2.75, 3.05) is 25.2 Å². The van der Waals surface area contributed by atoms with E-state index >= 15 is 0 Å². The number of esters is 1. The molecule has 11 heteroatoms. The SMILES string of the molecule is CCOC(=O)COc1c(Cl)cc(/C=C2\C(=O)NC(=O)N(c3ccc(Cl)cc3)C2=O)cc1OC. The van der Waals surface area contributed by atoms with E-state index in [0.717, 1.165) is 4.90 Å². The Morgan fingerprint density at radius 3 is 2.45 bits per heavy atom. The molecular weight excluding hydrogens is 475 g/mol. The Morgan fingerprint density at radius 1 is 1.12 bits per heavy atom. The Bertz CT molecular complexity index is 1150. The average molecular weight is 493 g/mol. The number of rotatable bonds is 7. The van der Waals surface area contributed by atoms with E-state index in [9.17, 15) is 19.2 Å².